The van der Waals surface area contributed by atoms with Crippen molar-refractivity contribution in [1.82, 2.24) is 10.2 Å². The Kier molecular flexibility index (Phi) is 3.23. The number of aryl methyl sites for hydroxylation is 1. The van der Waals surface area contributed by atoms with Crippen molar-refractivity contribution < 1.29 is 9.53 Å². The van der Waals surface area contributed by atoms with E-state index >= 15 is 0 Å². The van der Waals surface area contributed by atoms with Crippen molar-refractivity contribution in [2.45, 2.75) is 13.8 Å². The van der Waals surface area contributed by atoms with Gasteiger partial charge in [0.15, 0.2) is 0 Å². The predicted octanol–water partition coefficient (Wildman–Crippen LogP) is 2.56. The summed E-state index contributed by atoms with van der Waals surface area (Å²) in [7, 11) is 0. The molecule has 0 aliphatic heterocycles. The van der Waals surface area contributed by atoms with E-state index in [1.807, 2.05) is 31.2 Å². The normalized spacial score (nSPS) is 10.2. The van der Waals surface area contributed by atoms with Gasteiger partial charge in [0.25, 0.3) is 0 Å². The topological polar surface area (TPSA) is 55.0 Å². The zero-order valence-corrected chi connectivity index (χ0v) is 9.86. The Morgan fingerprint density at radius 1 is 1.41 bits per heavy atom. The second-order valence-electron chi connectivity index (χ2n) is 3.69. The summed E-state index contributed by atoms with van der Waals surface area (Å²) >= 11 is 0. The number of ether oxygens (including phenoxy) is 1. The van der Waals surface area contributed by atoms with E-state index < -0.39 is 0 Å². The molecule has 0 fully saturated rings. The molecule has 0 saturated heterocycles. The van der Waals surface area contributed by atoms with Gasteiger partial charge in [0, 0.05) is 5.56 Å². The molecule has 0 aliphatic rings. The Morgan fingerprint density at radius 3 is 2.88 bits per heavy atom. The number of nitrogens with one attached hydrogen (secondary N) is 1. The number of aromatic nitrogens is 2. The van der Waals surface area contributed by atoms with E-state index in [2.05, 4.69) is 10.2 Å². The summed E-state index contributed by atoms with van der Waals surface area (Å²) in [5.41, 5.74) is 3.23. The molecule has 0 radical (unpaired) electrons. The van der Waals surface area contributed by atoms with Gasteiger partial charge < -0.3 is 4.74 Å². The molecule has 0 aliphatic carbocycles. The summed E-state index contributed by atoms with van der Waals surface area (Å²) in [6.45, 7) is 4.13. The van der Waals surface area contributed by atoms with Gasteiger partial charge >= 0.3 is 5.97 Å². The van der Waals surface area contributed by atoms with E-state index in [9.17, 15) is 4.79 Å². The molecule has 1 aromatic carbocycles. The molecule has 1 N–H and O–H groups in total. The SMILES string of the molecule is CCOC(=O)c1cn[nH]c1-c1ccccc1C. The third kappa shape index (κ3) is 2.20. The number of carbonyl (C=O) groups is 1. The zero-order chi connectivity index (χ0) is 12.3. The summed E-state index contributed by atoms with van der Waals surface area (Å²) in [6.07, 6.45) is 1.50. The average molecular weight is 230 g/mol. The summed E-state index contributed by atoms with van der Waals surface area (Å²) in [5, 5.41) is 6.77. The Labute approximate surface area is 99.6 Å². The van der Waals surface area contributed by atoms with Crippen molar-refractivity contribution in [2.24, 2.45) is 0 Å². The molecule has 0 atom stereocenters. The Balaban J connectivity index is 2.44. The van der Waals surface area contributed by atoms with Gasteiger partial charge in [0.2, 0.25) is 0 Å². The number of hydrogen-bond donors (Lipinski definition) is 1. The minimum absolute atomic E-state index is 0.348. The summed E-state index contributed by atoms with van der Waals surface area (Å²) in [6, 6.07) is 7.83. The number of aromatic amines is 1. The quantitative estimate of drug-likeness (QED) is 0.824. The van der Waals surface area contributed by atoms with Crippen LogP contribution >= 0.6 is 0 Å². The number of benzene rings is 1. The van der Waals surface area contributed by atoms with Gasteiger partial charge in [0.1, 0.15) is 5.56 Å². The molecule has 2 rings (SSSR count). The predicted molar refractivity (Wildman–Crippen MR) is 64.7 cm³/mol. The first kappa shape index (κ1) is 11.4. The van der Waals surface area contributed by atoms with E-state index in [4.69, 9.17) is 4.74 Å². The molecular formula is C13H14N2O2. The van der Waals surface area contributed by atoms with Crippen molar-refractivity contribution in [3.63, 3.8) is 0 Å². The Morgan fingerprint density at radius 2 is 2.18 bits per heavy atom. The molecule has 4 heteroatoms. The van der Waals surface area contributed by atoms with Gasteiger partial charge in [-0.05, 0) is 19.4 Å². The molecule has 1 heterocycles. The molecular weight excluding hydrogens is 216 g/mol. The van der Waals surface area contributed by atoms with Gasteiger partial charge in [-0.25, -0.2) is 4.79 Å². The third-order valence-corrected chi connectivity index (χ3v) is 2.55. The molecule has 1 aromatic heterocycles. The maximum absolute atomic E-state index is 11.7. The van der Waals surface area contributed by atoms with E-state index in [1.165, 1.54) is 6.20 Å². The average Bonchev–Trinajstić information content (AvgIpc) is 2.79. The smallest absolute Gasteiger partial charge is 0.341 e. The van der Waals surface area contributed by atoms with Crippen LogP contribution in [0.3, 0.4) is 0 Å². The standard InChI is InChI=1S/C13H14N2O2/c1-3-17-13(16)11-8-14-15-12(11)10-7-5-4-6-9(10)2/h4-8H,3H2,1-2H3,(H,14,15). The molecule has 0 saturated carbocycles. The first-order valence-electron chi connectivity index (χ1n) is 5.50. The fourth-order valence-corrected chi connectivity index (χ4v) is 1.71. The highest BCUT2D eigenvalue weighted by atomic mass is 16.5. The van der Waals surface area contributed by atoms with Gasteiger partial charge in [0.05, 0.1) is 18.5 Å². The summed E-state index contributed by atoms with van der Waals surface area (Å²) in [5.74, 6) is -0.348. The van der Waals surface area contributed by atoms with Crippen molar-refractivity contribution in [1.29, 1.82) is 0 Å². The van der Waals surface area contributed by atoms with Crippen LogP contribution in [-0.2, 0) is 4.74 Å². The van der Waals surface area contributed by atoms with E-state index in [1.54, 1.807) is 6.92 Å². The van der Waals surface area contributed by atoms with Gasteiger partial charge in [-0.1, -0.05) is 24.3 Å². The van der Waals surface area contributed by atoms with Crippen LogP contribution in [0.25, 0.3) is 11.3 Å². The fourth-order valence-electron chi connectivity index (χ4n) is 1.71. The second kappa shape index (κ2) is 4.82. The van der Waals surface area contributed by atoms with Gasteiger partial charge in [-0.3, -0.25) is 5.10 Å². The molecule has 0 spiro atoms. The maximum atomic E-state index is 11.7. The zero-order valence-electron chi connectivity index (χ0n) is 9.86. The summed E-state index contributed by atoms with van der Waals surface area (Å²) < 4.78 is 4.99. The Hall–Kier alpha value is -2.10. The number of esters is 1. The van der Waals surface area contributed by atoms with Crippen molar-refractivity contribution >= 4 is 5.97 Å². The van der Waals surface area contributed by atoms with Crippen LogP contribution in [0.15, 0.2) is 30.5 Å². The van der Waals surface area contributed by atoms with Crippen LogP contribution in [0.4, 0.5) is 0 Å². The van der Waals surface area contributed by atoms with Crippen LogP contribution in [0.1, 0.15) is 22.8 Å². The molecule has 88 valence electrons. The highest BCUT2D eigenvalue weighted by molar-refractivity contribution is 5.96. The molecule has 0 unspecified atom stereocenters. The minimum Gasteiger partial charge on any atom is -0.462 e. The van der Waals surface area contributed by atoms with Crippen LogP contribution in [0.5, 0.6) is 0 Å². The molecule has 0 bridgehead atoms. The highest BCUT2D eigenvalue weighted by Crippen LogP contribution is 2.24. The largest absolute Gasteiger partial charge is 0.462 e. The van der Waals surface area contributed by atoms with E-state index in [-0.39, 0.29) is 5.97 Å². The number of hydrogen-bond acceptors (Lipinski definition) is 3. The molecule has 4 nitrogen and oxygen atoms in total. The molecule has 0 amide bonds. The maximum Gasteiger partial charge on any atom is 0.341 e. The lowest BCUT2D eigenvalue weighted by Crippen LogP contribution is -2.05. The number of carbonyl (C=O) groups excluding carboxylic acids is 1. The lowest BCUT2D eigenvalue weighted by molar-refractivity contribution is 0.0527. The van der Waals surface area contributed by atoms with Crippen LogP contribution < -0.4 is 0 Å². The van der Waals surface area contributed by atoms with Crippen molar-refractivity contribution in [2.75, 3.05) is 6.61 Å². The third-order valence-electron chi connectivity index (χ3n) is 2.55. The second-order valence-corrected chi connectivity index (χ2v) is 3.69. The molecule has 2 aromatic rings. The van der Waals surface area contributed by atoms with Crippen LogP contribution in [0.2, 0.25) is 0 Å². The van der Waals surface area contributed by atoms with Crippen LogP contribution in [-0.4, -0.2) is 22.8 Å². The van der Waals surface area contributed by atoms with Crippen LogP contribution in [0, 0.1) is 6.92 Å². The van der Waals surface area contributed by atoms with E-state index in [0.717, 1.165) is 11.1 Å². The fraction of sp³-hybridized carbons (Fsp3) is 0.231. The number of H-pyrrole nitrogens is 1. The van der Waals surface area contributed by atoms with E-state index in [0.29, 0.717) is 17.9 Å². The molecule has 17 heavy (non-hydrogen) atoms. The minimum atomic E-state index is -0.348. The summed E-state index contributed by atoms with van der Waals surface area (Å²) in [4.78, 5) is 11.7. The monoisotopic (exact) mass is 230 g/mol. The first-order chi connectivity index (χ1) is 8.24. The first-order valence-corrected chi connectivity index (χ1v) is 5.50. The lowest BCUT2D eigenvalue weighted by Gasteiger charge is -2.05. The van der Waals surface area contributed by atoms with Crippen molar-refractivity contribution in [3.8, 4) is 11.3 Å². The van der Waals surface area contributed by atoms with Gasteiger partial charge in [-0.15, -0.1) is 0 Å². The lowest BCUT2D eigenvalue weighted by atomic mass is 10.0. The number of rotatable bonds is 3. The highest BCUT2D eigenvalue weighted by Gasteiger charge is 2.16. The number of nitrogens with zero attached hydrogens (tertiary/aromatic N) is 1. The Bertz CT molecular complexity index is 532. The van der Waals surface area contributed by atoms with Crippen molar-refractivity contribution in [3.05, 3.63) is 41.6 Å². The van der Waals surface area contributed by atoms with Gasteiger partial charge in [-0.2, -0.15) is 5.10 Å².